The van der Waals surface area contributed by atoms with E-state index in [2.05, 4.69) is 15.9 Å². The summed E-state index contributed by atoms with van der Waals surface area (Å²) >= 11 is 3.29. The normalized spacial score (nSPS) is 15.3. The van der Waals surface area contributed by atoms with Gasteiger partial charge in [-0.25, -0.2) is 12.8 Å². The lowest BCUT2D eigenvalue weighted by molar-refractivity contribution is 0.0667. The van der Waals surface area contributed by atoms with Crippen LogP contribution in [0.3, 0.4) is 0 Å². The molecule has 3 aromatic rings. The fourth-order valence-electron chi connectivity index (χ4n) is 3.32. The Labute approximate surface area is 182 Å². The first-order valence-corrected chi connectivity index (χ1v) is 11.5. The second kappa shape index (κ2) is 8.33. The van der Waals surface area contributed by atoms with E-state index in [1.807, 2.05) is 0 Å². The Hall–Kier alpha value is -2.49. The van der Waals surface area contributed by atoms with E-state index >= 15 is 0 Å². The molecule has 1 amide bonds. The Balaban J connectivity index is 1.45. The summed E-state index contributed by atoms with van der Waals surface area (Å²) in [5, 5.41) is 0. The van der Waals surface area contributed by atoms with Crippen molar-refractivity contribution in [3.8, 4) is 11.3 Å². The van der Waals surface area contributed by atoms with Gasteiger partial charge in [-0.05, 0) is 42.5 Å². The van der Waals surface area contributed by atoms with Crippen LogP contribution in [0.5, 0.6) is 0 Å². The highest BCUT2D eigenvalue weighted by molar-refractivity contribution is 9.10. The van der Waals surface area contributed by atoms with Crippen molar-refractivity contribution < 1.29 is 22.0 Å². The molecule has 6 nitrogen and oxygen atoms in total. The molecule has 0 aliphatic carbocycles. The molecule has 2 heterocycles. The molecule has 156 valence electrons. The van der Waals surface area contributed by atoms with Gasteiger partial charge in [0, 0.05) is 30.7 Å². The zero-order valence-corrected chi connectivity index (χ0v) is 18.2. The minimum Gasteiger partial charge on any atom is -0.451 e. The van der Waals surface area contributed by atoms with Crippen LogP contribution in [0.25, 0.3) is 11.3 Å². The number of benzene rings is 2. The van der Waals surface area contributed by atoms with Crippen molar-refractivity contribution in [3.05, 3.63) is 76.7 Å². The molecule has 1 fully saturated rings. The van der Waals surface area contributed by atoms with E-state index in [4.69, 9.17) is 4.42 Å². The van der Waals surface area contributed by atoms with Gasteiger partial charge in [0.2, 0.25) is 10.0 Å². The van der Waals surface area contributed by atoms with Crippen LogP contribution in [0.1, 0.15) is 10.6 Å². The number of sulfonamides is 1. The van der Waals surface area contributed by atoms with Gasteiger partial charge in [0.05, 0.1) is 10.5 Å². The van der Waals surface area contributed by atoms with Crippen LogP contribution in [-0.4, -0.2) is 49.7 Å². The summed E-state index contributed by atoms with van der Waals surface area (Å²) < 4.78 is 47.2. The molecule has 1 aliphatic rings. The molecule has 0 bridgehead atoms. The fourth-order valence-corrected chi connectivity index (χ4v) is 5.34. The molecular weight excluding hydrogens is 475 g/mol. The summed E-state index contributed by atoms with van der Waals surface area (Å²) in [6.07, 6.45) is 0. The van der Waals surface area contributed by atoms with Gasteiger partial charge in [0.15, 0.2) is 5.76 Å². The molecule has 1 saturated heterocycles. The third kappa shape index (κ3) is 4.05. The highest BCUT2D eigenvalue weighted by atomic mass is 79.9. The minimum atomic E-state index is -3.63. The molecular formula is C21H18BrFN2O4S. The van der Waals surface area contributed by atoms with Gasteiger partial charge < -0.3 is 9.32 Å². The van der Waals surface area contributed by atoms with Crippen LogP contribution in [0.15, 0.2) is 74.4 Å². The Morgan fingerprint density at radius 3 is 2.40 bits per heavy atom. The number of carbonyl (C=O) groups excluding carboxylic acids is 1. The molecule has 0 N–H and O–H groups in total. The van der Waals surface area contributed by atoms with Crippen LogP contribution in [0.4, 0.5) is 4.39 Å². The number of hydrogen-bond donors (Lipinski definition) is 0. The Kier molecular flexibility index (Phi) is 5.77. The molecule has 1 aromatic heterocycles. The van der Waals surface area contributed by atoms with E-state index in [9.17, 15) is 17.6 Å². The first-order chi connectivity index (χ1) is 14.4. The summed E-state index contributed by atoms with van der Waals surface area (Å²) in [5.74, 6) is -0.418. The molecule has 0 spiro atoms. The SMILES string of the molecule is O=C(c1ccc(-c2ccccc2F)o1)N1CCN(S(=O)(=O)c2cccc(Br)c2)CC1. The highest BCUT2D eigenvalue weighted by Crippen LogP contribution is 2.26. The number of hydrogen-bond acceptors (Lipinski definition) is 4. The average Bonchev–Trinajstić information content (AvgIpc) is 3.23. The van der Waals surface area contributed by atoms with Crippen molar-refractivity contribution >= 4 is 31.9 Å². The zero-order valence-electron chi connectivity index (χ0n) is 15.8. The van der Waals surface area contributed by atoms with Crippen LogP contribution in [0, 0.1) is 5.82 Å². The summed E-state index contributed by atoms with van der Waals surface area (Å²) in [6, 6.07) is 15.8. The van der Waals surface area contributed by atoms with Gasteiger partial charge in [0.1, 0.15) is 11.6 Å². The Morgan fingerprint density at radius 2 is 1.70 bits per heavy atom. The second-order valence-electron chi connectivity index (χ2n) is 6.80. The smallest absolute Gasteiger partial charge is 0.289 e. The molecule has 0 radical (unpaired) electrons. The lowest BCUT2D eigenvalue weighted by Gasteiger charge is -2.33. The van der Waals surface area contributed by atoms with Crippen molar-refractivity contribution in [3.63, 3.8) is 0 Å². The Bertz CT molecular complexity index is 1190. The number of rotatable bonds is 4. The number of amides is 1. The Morgan fingerprint density at radius 1 is 0.967 bits per heavy atom. The third-order valence-electron chi connectivity index (χ3n) is 4.92. The van der Waals surface area contributed by atoms with Crippen molar-refractivity contribution in [1.82, 2.24) is 9.21 Å². The molecule has 0 atom stereocenters. The average molecular weight is 493 g/mol. The lowest BCUT2D eigenvalue weighted by atomic mass is 10.1. The quantitative estimate of drug-likeness (QED) is 0.551. The largest absolute Gasteiger partial charge is 0.451 e. The van der Waals surface area contributed by atoms with Gasteiger partial charge in [-0.15, -0.1) is 0 Å². The monoisotopic (exact) mass is 492 g/mol. The lowest BCUT2D eigenvalue weighted by Crippen LogP contribution is -2.50. The molecule has 0 saturated carbocycles. The summed E-state index contributed by atoms with van der Waals surface area (Å²) in [7, 11) is -3.63. The van der Waals surface area contributed by atoms with Crippen LogP contribution < -0.4 is 0 Å². The molecule has 30 heavy (non-hydrogen) atoms. The van der Waals surface area contributed by atoms with Crippen molar-refractivity contribution in [2.75, 3.05) is 26.2 Å². The maximum atomic E-state index is 13.9. The van der Waals surface area contributed by atoms with E-state index < -0.39 is 15.8 Å². The summed E-state index contributed by atoms with van der Waals surface area (Å²) in [6.45, 7) is 0.840. The third-order valence-corrected chi connectivity index (χ3v) is 7.30. The van der Waals surface area contributed by atoms with E-state index in [1.54, 1.807) is 48.5 Å². The minimum absolute atomic E-state index is 0.0940. The zero-order chi connectivity index (χ0) is 21.3. The first-order valence-electron chi connectivity index (χ1n) is 9.26. The van der Waals surface area contributed by atoms with E-state index in [0.29, 0.717) is 4.47 Å². The number of furan rings is 1. The van der Waals surface area contributed by atoms with Gasteiger partial charge in [0.25, 0.3) is 5.91 Å². The topological polar surface area (TPSA) is 70.8 Å². The number of halogens is 2. The second-order valence-corrected chi connectivity index (χ2v) is 9.65. The van der Waals surface area contributed by atoms with Crippen LogP contribution >= 0.6 is 15.9 Å². The summed E-state index contributed by atoms with van der Waals surface area (Å²) in [4.78, 5) is 14.5. The number of nitrogens with zero attached hydrogens (tertiary/aromatic N) is 2. The van der Waals surface area contributed by atoms with Gasteiger partial charge in [-0.3, -0.25) is 4.79 Å². The fraction of sp³-hybridized carbons (Fsp3) is 0.190. The van der Waals surface area contributed by atoms with Crippen LogP contribution in [-0.2, 0) is 10.0 Å². The highest BCUT2D eigenvalue weighted by Gasteiger charge is 2.31. The van der Waals surface area contributed by atoms with Crippen LogP contribution in [0.2, 0.25) is 0 Å². The van der Waals surface area contributed by atoms with E-state index in [-0.39, 0.29) is 54.1 Å². The summed E-state index contributed by atoms with van der Waals surface area (Å²) in [5.41, 5.74) is 0.279. The predicted octanol–water partition coefficient (Wildman–Crippen LogP) is 3.99. The van der Waals surface area contributed by atoms with Crippen molar-refractivity contribution in [2.45, 2.75) is 4.90 Å². The maximum absolute atomic E-state index is 13.9. The van der Waals surface area contributed by atoms with Gasteiger partial charge >= 0.3 is 0 Å². The van der Waals surface area contributed by atoms with E-state index in [1.165, 1.54) is 21.3 Å². The van der Waals surface area contributed by atoms with Gasteiger partial charge in [-0.2, -0.15) is 4.31 Å². The molecule has 4 rings (SSSR count). The first kappa shape index (κ1) is 20.8. The molecule has 1 aliphatic heterocycles. The van der Waals surface area contributed by atoms with E-state index in [0.717, 1.165) is 0 Å². The standard InChI is InChI=1S/C21H18BrFN2O4S/c22-15-4-3-5-16(14-15)30(27,28)25-12-10-24(11-13-25)21(26)20-9-8-19(29-20)17-6-1-2-7-18(17)23/h1-9,14H,10-13H2. The van der Waals surface area contributed by atoms with Crippen molar-refractivity contribution in [1.29, 1.82) is 0 Å². The number of carbonyl (C=O) groups is 1. The van der Waals surface area contributed by atoms with Gasteiger partial charge in [-0.1, -0.05) is 34.1 Å². The number of piperazine rings is 1. The molecule has 9 heteroatoms. The molecule has 0 unspecified atom stereocenters. The van der Waals surface area contributed by atoms with Crippen molar-refractivity contribution in [2.24, 2.45) is 0 Å². The maximum Gasteiger partial charge on any atom is 0.289 e. The predicted molar refractivity (Wildman–Crippen MR) is 113 cm³/mol. The molecule has 2 aromatic carbocycles.